The smallest absolute Gasteiger partial charge is 0.321 e. The topological polar surface area (TPSA) is 88.9 Å². The summed E-state index contributed by atoms with van der Waals surface area (Å²) in [5.74, 6) is 0.471. The molecule has 1 heterocycles. The number of amides is 3. The molecule has 1 aromatic heterocycles. The Bertz CT molecular complexity index is 861. The van der Waals surface area contributed by atoms with Crippen molar-refractivity contribution in [2.24, 2.45) is 0 Å². The lowest BCUT2D eigenvalue weighted by molar-refractivity contribution is -0.119. The number of urea groups is 1. The van der Waals surface area contributed by atoms with Crippen molar-refractivity contribution in [2.75, 3.05) is 0 Å². The average Bonchev–Trinajstić information content (AvgIpc) is 3.32. The molecule has 0 spiro atoms. The summed E-state index contributed by atoms with van der Waals surface area (Å²) in [7, 11) is 0. The predicted octanol–water partition coefficient (Wildman–Crippen LogP) is 3.91. The number of aromatic nitrogens is 3. The highest BCUT2D eigenvalue weighted by Crippen LogP contribution is 2.27. The van der Waals surface area contributed by atoms with E-state index in [-0.39, 0.29) is 11.9 Å². The van der Waals surface area contributed by atoms with Gasteiger partial charge >= 0.3 is 6.03 Å². The van der Waals surface area contributed by atoms with Crippen molar-refractivity contribution in [3.05, 3.63) is 29.8 Å². The molecular formula is C21H29N5O2S. The quantitative estimate of drug-likeness (QED) is 0.669. The Balaban J connectivity index is 1.66. The van der Waals surface area contributed by atoms with Gasteiger partial charge in [-0.1, -0.05) is 55.3 Å². The van der Waals surface area contributed by atoms with Gasteiger partial charge in [0, 0.05) is 18.2 Å². The van der Waals surface area contributed by atoms with Crippen LogP contribution in [0, 0.1) is 6.92 Å². The van der Waals surface area contributed by atoms with E-state index in [9.17, 15) is 9.59 Å². The summed E-state index contributed by atoms with van der Waals surface area (Å²) in [6, 6.07) is 7.90. The highest BCUT2D eigenvalue weighted by Gasteiger charge is 2.23. The van der Waals surface area contributed by atoms with Crippen LogP contribution in [-0.4, -0.2) is 38.0 Å². The van der Waals surface area contributed by atoms with E-state index in [1.165, 1.54) is 11.8 Å². The molecule has 1 aliphatic rings. The number of imide groups is 1. The number of nitrogens with one attached hydrogen (secondary N) is 2. The van der Waals surface area contributed by atoms with E-state index < -0.39 is 11.3 Å². The first-order chi connectivity index (χ1) is 14.0. The van der Waals surface area contributed by atoms with Crippen LogP contribution in [0.2, 0.25) is 0 Å². The van der Waals surface area contributed by atoms with Crippen molar-refractivity contribution in [1.29, 1.82) is 0 Å². The zero-order valence-corrected chi connectivity index (χ0v) is 18.1. The molecule has 1 fully saturated rings. The van der Waals surface area contributed by atoms with Crippen LogP contribution < -0.4 is 10.6 Å². The van der Waals surface area contributed by atoms with Gasteiger partial charge in [0.25, 0.3) is 0 Å². The molecule has 1 aliphatic carbocycles. The second-order valence-electron chi connectivity index (χ2n) is 7.53. The van der Waals surface area contributed by atoms with Crippen molar-refractivity contribution < 1.29 is 9.59 Å². The van der Waals surface area contributed by atoms with Gasteiger partial charge in [-0.15, -0.1) is 10.2 Å². The molecule has 3 rings (SSSR count). The van der Waals surface area contributed by atoms with E-state index in [1.54, 1.807) is 6.92 Å². The van der Waals surface area contributed by atoms with Crippen LogP contribution in [0.15, 0.2) is 29.4 Å². The van der Waals surface area contributed by atoms with Crippen molar-refractivity contribution in [2.45, 2.75) is 75.9 Å². The molecule has 0 radical (unpaired) electrons. The number of carbonyl (C=O) groups excluding carboxylic acids is 2. The maximum Gasteiger partial charge on any atom is 0.321 e. The molecule has 1 atom stereocenters. The number of benzene rings is 1. The van der Waals surface area contributed by atoms with Crippen molar-refractivity contribution >= 4 is 23.7 Å². The average molecular weight is 416 g/mol. The van der Waals surface area contributed by atoms with Crippen molar-refractivity contribution in [1.82, 2.24) is 25.4 Å². The third-order valence-electron chi connectivity index (χ3n) is 5.02. The Morgan fingerprint density at radius 2 is 2.03 bits per heavy atom. The van der Waals surface area contributed by atoms with Gasteiger partial charge in [-0.3, -0.25) is 10.1 Å². The molecule has 0 unspecified atom stereocenters. The van der Waals surface area contributed by atoms with Gasteiger partial charge in [-0.25, -0.2) is 4.79 Å². The Morgan fingerprint density at radius 3 is 2.72 bits per heavy atom. The second-order valence-corrected chi connectivity index (χ2v) is 8.84. The summed E-state index contributed by atoms with van der Waals surface area (Å²) in [6.45, 7) is 6.68. The Kier molecular flexibility index (Phi) is 7.30. The number of aryl methyl sites for hydroxylation is 1. The lowest BCUT2D eigenvalue weighted by atomic mass is 10.1. The summed E-state index contributed by atoms with van der Waals surface area (Å²) in [5.41, 5.74) is 2.16. The summed E-state index contributed by atoms with van der Waals surface area (Å²) in [5, 5.41) is 14.2. The van der Waals surface area contributed by atoms with Crippen LogP contribution in [0.25, 0.3) is 11.4 Å². The third kappa shape index (κ3) is 5.59. The van der Waals surface area contributed by atoms with Gasteiger partial charge in [0.1, 0.15) is 0 Å². The second kappa shape index (κ2) is 9.91. The standard InChI is InChI=1S/C21H29N5O2S/c1-4-12-26-18(16-9-7-8-14(2)13-16)24-25-21(26)29-15(3)19(27)23-20(28)22-17-10-5-6-11-17/h7-9,13,15,17H,4-6,10-12H2,1-3H3,(H2,22,23,27,28)/t15-/m0/s1. The van der Waals surface area contributed by atoms with Gasteiger partial charge in [-0.05, 0) is 39.2 Å². The fourth-order valence-electron chi connectivity index (χ4n) is 3.52. The zero-order chi connectivity index (χ0) is 20.8. The number of hydrogen-bond acceptors (Lipinski definition) is 5. The molecule has 29 heavy (non-hydrogen) atoms. The van der Waals surface area contributed by atoms with Crippen LogP contribution >= 0.6 is 11.8 Å². The predicted molar refractivity (Wildman–Crippen MR) is 115 cm³/mol. The maximum absolute atomic E-state index is 12.5. The SMILES string of the molecule is CCCn1c(S[C@@H](C)C(=O)NC(=O)NC2CCCC2)nnc1-c1cccc(C)c1. The first kappa shape index (κ1) is 21.4. The fourth-order valence-corrected chi connectivity index (χ4v) is 4.39. The van der Waals surface area contributed by atoms with Crippen LogP contribution in [0.4, 0.5) is 4.79 Å². The third-order valence-corrected chi connectivity index (χ3v) is 6.10. The first-order valence-electron chi connectivity index (χ1n) is 10.3. The molecular weight excluding hydrogens is 386 g/mol. The molecule has 1 aromatic carbocycles. The molecule has 7 nitrogen and oxygen atoms in total. The summed E-state index contributed by atoms with van der Waals surface area (Å²) >= 11 is 1.32. The van der Waals surface area contributed by atoms with E-state index in [0.29, 0.717) is 5.16 Å². The molecule has 0 aliphatic heterocycles. The van der Waals surface area contributed by atoms with Gasteiger partial charge in [0.05, 0.1) is 5.25 Å². The van der Waals surface area contributed by atoms with E-state index in [4.69, 9.17) is 0 Å². The van der Waals surface area contributed by atoms with E-state index in [0.717, 1.165) is 55.6 Å². The highest BCUT2D eigenvalue weighted by atomic mass is 32.2. The summed E-state index contributed by atoms with van der Waals surface area (Å²) in [4.78, 5) is 24.5. The largest absolute Gasteiger partial charge is 0.335 e. The summed E-state index contributed by atoms with van der Waals surface area (Å²) < 4.78 is 2.04. The van der Waals surface area contributed by atoms with E-state index in [2.05, 4.69) is 33.8 Å². The van der Waals surface area contributed by atoms with E-state index in [1.807, 2.05) is 29.7 Å². The van der Waals surface area contributed by atoms with Gasteiger partial charge in [0.2, 0.25) is 5.91 Å². The van der Waals surface area contributed by atoms with Crippen molar-refractivity contribution in [3.63, 3.8) is 0 Å². The molecule has 2 aromatic rings. The molecule has 8 heteroatoms. The molecule has 0 bridgehead atoms. The van der Waals surface area contributed by atoms with Gasteiger partial charge in [0.15, 0.2) is 11.0 Å². The zero-order valence-electron chi connectivity index (χ0n) is 17.3. The fraction of sp³-hybridized carbons (Fsp3) is 0.524. The number of nitrogens with zero attached hydrogens (tertiary/aromatic N) is 3. The highest BCUT2D eigenvalue weighted by molar-refractivity contribution is 8.00. The molecule has 2 N–H and O–H groups in total. The monoisotopic (exact) mass is 415 g/mol. The Hall–Kier alpha value is -2.35. The summed E-state index contributed by atoms with van der Waals surface area (Å²) in [6.07, 6.45) is 5.14. The normalized spacial score (nSPS) is 15.3. The molecule has 156 valence electrons. The van der Waals surface area contributed by atoms with Crippen molar-refractivity contribution in [3.8, 4) is 11.4 Å². The molecule has 0 saturated heterocycles. The minimum atomic E-state index is -0.463. The Labute approximate surface area is 176 Å². The van der Waals surface area contributed by atoms with Gasteiger partial charge < -0.3 is 9.88 Å². The number of carbonyl (C=O) groups is 2. The minimum Gasteiger partial charge on any atom is -0.335 e. The molecule has 1 saturated carbocycles. The number of rotatable bonds is 7. The van der Waals surface area contributed by atoms with Gasteiger partial charge in [-0.2, -0.15) is 0 Å². The van der Waals surface area contributed by atoms with E-state index >= 15 is 0 Å². The van der Waals surface area contributed by atoms with Crippen LogP contribution in [0.5, 0.6) is 0 Å². The van der Waals surface area contributed by atoms with Crippen LogP contribution in [0.1, 0.15) is 51.5 Å². The molecule has 3 amide bonds. The Morgan fingerprint density at radius 1 is 1.28 bits per heavy atom. The first-order valence-corrected chi connectivity index (χ1v) is 11.1. The van der Waals surface area contributed by atoms with Crippen LogP contribution in [-0.2, 0) is 11.3 Å². The van der Waals surface area contributed by atoms with Crippen LogP contribution in [0.3, 0.4) is 0 Å². The number of thioether (sulfide) groups is 1. The maximum atomic E-state index is 12.5. The minimum absolute atomic E-state index is 0.176. The lowest BCUT2D eigenvalue weighted by Gasteiger charge is -2.15. The lowest BCUT2D eigenvalue weighted by Crippen LogP contribution is -2.45. The number of hydrogen-bond donors (Lipinski definition) is 2.